The van der Waals surface area contributed by atoms with Crippen molar-refractivity contribution < 1.29 is 18.9 Å². The van der Waals surface area contributed by atoms with Gasteiger partial charge in [0.1, 0.15) is 30.8 Å². The third kappa shape index (κ3) is 3.08. The zero-order chi connectivity index (χ0) is 13.8. The smallest absolute Gasteiger partial charge is 0.158 e. The molecule has 3 nitrogen and oxygen atoms in total. The van der Waals surface area contributed by atoms with E-state index in [1.807, 2.05) is 18.2 Å². The molecule has 2 heterocycles. The van der Waals surface area contributed by atoms with Gasteiger partial charge >= 0.3 is 0 Å². The molecule has 0 amide bonds. The first-order valence-electron chi connectivity index (χ1n) is 7.10. The van der Waals surface area contributed by atoms with E-state index in [0.717, 1.165) is 38.3 Å². The van der Waals surface area contributed by atoms with Crippen molar-refractivity contribution in [3.05, 3.63) is 48.0 Å². The van der Waals surface area contributed by atoms with E-state index in [1.54, 1.807) is 12.1 Å². The Balaban J connectivity index is 1.58. The molecule has 1 aliphatic heterocycles. The molecule has 1 saturated heterocycles. The molecule has 0 saturated carbocycles. The molecule has 2 aromatic rings. The zero-order valence-electron chi connectivity index (χ0n) is 11.3. The maximum atomic E-state index is 13.7. The predicted octanol–water partition coefficient (Wildman–Crippen LogP) is 2.33. The predicted molar refractivity (Wildman–Crippen MR) is 73.6 cm³/mol. The number of furan rings is 1. The molecule has 0 unspecified atom stereocenters. The number of hydrogen-bond donors (Lipinski definition) is 1. The van der Waals surface area contributed by atoms with Gasteiger partial charge in [0, 0.05) is 6.61 Å². The van der Waals surface area contributed by atoms with E-state index >= 15 is 0 Å². The van der Waals surface area contributed by atoms with Crippen LogP contribution in [0.5, 0.6) is 0 Å². The number of nitrogens with two attached hydrogens (primary N) is 1. The van der Waals surface area contributed by atoms with Crippen molar-refractivity contribution in [1.29, 1.82) is 0 Å². The number of ether oxygens (including phenoxy) is 1. The lowest BCUT2D eigenvalue weighted by atomic mass is 10.1. The molecule has 20 heavy (non-hydrogen) atoms. The molecule has 1 fully saturated rings. The Bertz CT molecular complexity index is 561. The molecule has 0 aliphatic carbocycles. The van der Waals surface area contributed by atoms with Crippen molar-refractivity contribution in [3.63, 3.8) is 0 Å². The van der Waals surface area contributed by atoms with Crippen molar-refractivity contribution in [2.45, 2.75) is 25.5 Å². The van der Waals surface area contributed by atoms with Crippen LogP contribution < -0.4 is 5.32 Å². The number of benzene rings is 1. The van der Waals surface area contributed by atoms with E-state index in [2.05, 4.69) is 5.32 Å². The van der Waals surface area contributed by atoms with Gasteiger partial charge in [-0.25, -0.2) is 4.39 Å². The molecular weight excluding hydrogens is 257 g/mol. The van der Waals surface area contributed by atoms with Crippen LogP contribution in [0.1, 0.15) is 18.6 Å². The summed E-state index contributed by atoms with van der Waals surface area (Å²) in [6.07, 6.45) is 2.68. The molecule has 1 aliphatic rings. The highest BCUT2D eigenvalue weighted by Gasteiger charge is 2.17. The van der Waals surface area contributed by atoms with Crippen LogP contribution in [0.2, 0.25) is 0 Å². The van der Waals surface area contributed by atoms with Crippen molar-refractivity contribution in [2.24, 2.45) is 0 Å². The largest absolute Gasteiger partial charge is 0.455 e. The van der Waals surface area contributed by atoms with E-state index < -0.39 is 0 Å². The average Bonchev–Trinajstić information content (AvgIpc) is 3.11. The van der Waals surface area contributed by atoms with Gasteiger partial charge in [-0.15, -0.1) is 0 Å². The minimum absolute atomic E-state index is 0.253. The molecule has 1 atom stereocenters. The molecule has 1 aromatic heterocycles. The van der Waals surface area contributed by atoms with E-state index in [-0.39, 0.29) is 5.82 Å². The lowest BCUT2D eigenvalue weighted by Crippen LogP contribution is -2.84. The van der Waals surface area contributed by atoms with Crippen LogP contribution >= 0.6 is 0 Å². The molecule has 0 spiro atoms. The first-order valence-corrected chi connectivity index (χ1v) is 7.10. The minimum Gasteiger partial charge on any atom is -0.455 e. The second-order valence-corrected chi connectivity index (χ2v) is 5.11. The number of hydrogen-bond acceptors (Lipinski definition) is 2. The number of halogens is 1. The number of quaternary nitrogens is 1. The first-order chi connectivity index (χ1) is 9.83. The highest BCUT2D eigenvalue weighted by molar-refractivity contribution is 5.58. The summed E-state index contributed by atoms with van der Waals surface area (Å²) in [5.41, 5.74) is 0.512. The van der Waals surface area contributed by atoms with E-state index in [0.29, 0.717) is 17.4 Å². The van der Waals surface area contributed by atoms with Crippen LogP contribution in [0.25, 0.3) is 11.3 Å². The van der Waals surface area contributed by atoms with Crippen molar-refractivity contribution in [3.8, 4) is 11.3 Å². The second kappa shape index (κ2) is 6.20. The van der Waals surface area contributed by atoms with Crippen LogP contribution in [0.15, 0.2) is 40.8 Å². The second-order valence-electron chi connectivity index (χ2n) is 5.11. The van der Waals surface area contributed by atoms with Gasteiger partial charge in [0.05, 0.1) is 5.56 Å². The van der Waals surface area contributed by atoms with E-state index in [1.165, 1.54) is 6.07 Å². The van der Waals surface area contributed by atoms with Gasteiger partial charge < -0.3 is 14.5 Å². The standard InChI is InChI=1S/C16H18FNO2/c17-15-6-2-1-5-14(15)16-8-7-13(20-16)11-18-10-12-4-3-9-19-12/h1-2,5-8,12,18H,3-4,9-11H2/p+1/t12-/m1/s1. The van der Waals surface area contributed by atoms with Crippen LogP contribution in [-0.2, 0) is 11.3 Å². The van der Waals surface area contributed by atoms with Crippen molar-refractivity contribution in [2.75, 3.05) is 13.2 Å². The monoisotopic (exact) mass is 276 g/mol. The molecule has 1 aromatic carbocycles. The molecular formula is C16H19FNO2+. The first kappa shape index (κ1) is 13.3. The van der Waals surface area contributed by atoms with Crippen LogP contribution in [-0.4, -0.2) is 19.3 Å². The van der Waals surface area contributed by atoms with Gasteiger partial charge in [-0.1, -0.05) is 12.1 Å². The Morgan fingerprint density at radius 3 is 2.90 bits per heavy atom. The molecule has 3 rings (SSSR count). The van der Waals surface area contributed by atoms with E-state index in [9.17, 15) is 4.39 Å². The summed E-state index contributed by atoms with van der Waals surface area (Å²) in [5, 5.41) is 2.18. The van der Waals surface area contributed by atoms with Gasteiger partial charge in [0.15, 0.2) is 5.76 Å². The summed E-state index contributed by atoms with van der Waals surface area (Å²) >= 11 is 0. The van der Waals surface area contributed by atoms with Crippen molar-refractivity contribution >= 4 is 0 Å². The SMILES string of the molecule is Fc1ccccc1-c1ccc(C[NH2+]C[C@H]2CCCO2)o1. The Labute approximate surface area is 117 Å². The van der Waals surface area contributed by atoms with Crippen molar-refractivity contribution in [1.82, 2.24) is 0 Å². The highest BCUT2D eigenvalue weighted by atomic mass is 19.1. The number of rotatable bonds is 5. The quantitative estimate of drug-likeness (QED) is 0.910. The highest BCUT2D eigenvalue weighted by Crippen LogP contribution is 2.24. The molecule has 4 heteroatoms. The fourth-order valence-electron chi connectivity index (χ4n) is 2.54. The van der Waals surface area contributed by atoms with Gasteiger partial charge in [-0.05, 0) is 37.1 Å². The van der Waals surface area contributed by atoms with E-state index in [4.69, 9.17) is 9.15 Å². The van der Waals surface area contributed by atoms with Gasteiger partial charge in [-0.3, -0.25) is 0 Å². The summed E-state index contributed by atoms with van der Waals surface area (Å²) < 4.78 is 24.9. The Hall–Kier alpha value is -1.65. The molecule has 106 valence electrons. The van der Waals surface area contributed by atoms with Crippen LogP contribution in [0.3, 0.4) is 0 Å². The Kier molecular flexibility index (Phi) is 4.14. The summed E-state index contributed by atoms with van der Waals surface area (Å²) in [4.78, 5) is 0. The third-order valence-corrected chi connectivity index (χ3v) is 3.60. The summed E-state index contributed by atoms with van der Waals surface area (Å²) in [5.74, 6) is 1.20. The van der Waals surface area contributed by atoms with Crippen LogP contribution in [0.4, 0.5) is 4.39 Å². The summed E-state index contributed by atoms with van der Waals surface area (Å²) in [6.45, 7) is 2.60. The van der Waals surface area contributed by atoms with Gasteiger partial charge in [-0.2, -0.15) is 0 Å². The zero-order valence-corrected chi connectivity index (χ0v) is 11.3. The fourth-order valence-corrected chi connectivity index (χ4v) is 2.54. The molecule has 0 radical (unpaired) electrons. The minimum atomic E-state index is -0.253. The van der Waals surface area contributed by atoms with Gasteiger partial charge in [0.2, 0.25) is 0 Å². The van der Waals surface area contributed by atoms with Crippen LogP contribution in [0, 0.1) is 5.82 Å². The van der Waals surface area contributed by atoms with Gasteiger partial charge in [0.25, 0.3) is 0 Å². The Morgan fingerprint density at radius 2 is 2.10 bits per heavy atom. The lowest BCUT2D eigenvalue weighted by molar-refractivity contribution is -0.677. The maximum absolute atomic E-state index is 13.7. The summed E-state index contributed by atoms with van der Waals surface area (Å²) in [7, 11) is 0. The maximum Gasteiger partial charge on any atom is 0.158 e. The molecule has 0 bridgehead atoms. The lowest BCUT2D eigenvalue weighted by Gasteiger charge is -2.06. The average molecular weight is 276 g/mol. The fraction of sp³-hybridized carbons (Fsp3) is 0.375. The topological polar surface area (TPSA) is 39.0 Å². The third-order valence-electron chi connectivity index (χ3n) is 3.60. The normalized spacial score (nSPS) is 18.6. The Morgan fingerprint density at radius 1 is 1.20 bits per heavy atom. The molecule has 2 N–H and O–H groups in total. The summed E-state index contributed by atoms with van der Waals surface area (Å²) in [6, 6.07) is 10.4.